The van der Waals surface area contributed by atoms with Gasteiger partial charge < -0.3 is 9.47 Å². The number of hydrogen-bond donors (Lipinski definition) is 0. The van der Waals surface area contributed by atoms with Crippen molar-refractivity contribution in [2.45, 2.75) is 51.9 Å². The highest BCUT2D eigenvalue weighted by Crippen LogP contribution is 2.26. The Morgan fingerprint density at radius 2 is 1.76 bits per heavy atom. The molecule has 0 atom stereocenters. The fourth-order valence-corrected chi connectivity index (χ4v) is 4.71. The number of benzene rings is 1. The van der Waals surface area contributed by atoms with Crippen LogP contribution in [0.25, 0.3) is 0 Å². The molecule has 1 aliphatic rings. The Hall–Kier alpha value is -1.13. The summed E-state index contributed by atoms with van der Waals surface area (Å²) in [7, 11) is -1.21. The molecular formula is C17H28N2OSi. The first-order valence-electron chi connectivity index (χ1n) is 8.05. The molecule has 0 radical (unpaired) electrons. The van der Waals surface area contributed by atoms with Crippen LogP contribution in [0, 0.1) is 0 Å². The Balaban J connectivity index is 2.12. The summed E-state index contributed by atoms with van der Waals surface area (Å²) < 4.78 is 2.66. The molecule has 0 N–H and O–H groups in total. The third kappa shape index (κ3) is 3.95. The van der Waals surface area contributed by atoms with Crippen LogP contribution in [0.4, 0.5) is 5.69 Å². The van der Waals surface area contributed by atoms with E-state index in [1.807, 2.05) is 30.0 Å². The maximum Gasteiger partial charge on any atom is 0.226 e. The first-order valence-corrected chi connectivity index (χ1v) is 11.5. The number of nitrogens with zero attached hydrogens (tertiary/aromatic N) is 2. The number of rotatable bonds is 4. The van der Waals surface area contributed by atoms with Gasteiger partial charge in [-0.2, -0.15) is 0 Å². The van der Waals surface area contributed by atoms with Crippen LogP contribution >= 0.6 is 0 Å². The second-order valence-electron chi connectivity index (χ2n) is 6.84. The molecule has 4 heteroatoms. The van der Waals surface area contributed by atoms with E-state index in [0.717, 1.165) is 31.6 Å². The summed E-state index contributed by atoms with van der Waals surface area (Å²) in [4.78, 5) is 14.5. The van der Waals surface area contributed by atoms with E-state index in [9.17, 15) is 4.79 Å². The van der Waals surface area contributed by atoms with E-state index in [0.29, 0.717) is 12.5 Å². The normalized spacial score (nSPS) is 17.7. The van der Waals surface area contributed by atoms with E-state index in [2.05, 4.69) is 36.3 Å². The summed E-state index contributed by atoms with van der Waals surface area (Å²) >= 11 is 0. The lowest BCUT2D eigenvalue weighted by Gasteiger charge is -2.43. The van der Waals surface area contributed by atoms with Crippen molar-refractivity contribution in [2.24, 2.45) is 0 Å². The van der Waals surface area contributed by atoms with Gasteiger partial charge in [-0.25, -0.2) is 0 Å². The number of para-hydroxylation sites is 1. The molecule has 0 bridgehead atoms. The van der Waals surface area contributed by atoms with Crippen molar-refractivity contribution >= 4 is 19.8 Å². The fraction of sp³-hybridized carbons (Fsp3) is 0.588. The maximum atomic E-state index is 12.4. The van der Waals surface area contributed by atoms with Crippen molar-refractivity contribution in [3.8, 4) is 0 Å². The molecule has 0 aromatic heterocycles. The number of piperidine rings is 1. The van der Waals surface area contributed by atoms with Crippen LogP contribution in [0.1, 0.15) is 26.2 Å². The summed E-state index contributed by atoms with van der Waals surface area (Å²) in [6, 6.07) is 10.5. The lowest BCUT2D eigenvalue weighted by atomic mass is 10.0. The van der Waals surface area contributed by atoms with E-state index in [4.69, 9.17) is 0 Å². The third-order valence-corrected chi connectivity index (χ3v) is 6.73. The van der Waals surface area contributed by atoms with Crippen molar-refractivity contribution in [1.29, 1.82) is 0 Å². The minimum Gasteiger partial charge on any atom is -0.324 e. The maximum absolute atomic E-state index is 12.4. The van der Waals surface area contributed by atoms with Crippen molar-refractivity contribution in [2.75, 3.05) is 18.0 Å². The summed E-state index contributed by atoms with van der Waals surface area (Å²) in [6.45, 7) is 11.4. The SMILES string of the molecule is CCC(=O)N(c1ccccc1)C1CCN([Si](C)(C)C)CC1. The van der Waals surface area contributed by atoms with Crippen LogP contribution < -0.4 is 4.90 Å². The molecule has 1 fully saturated rings. The zero-order valence-corrected chi connectivity index (χ0v) is 14.8. The average Bonchev–Trinajstić information content (AvgIpc) is 2.48. The monoisotopic (exact) mass is 304 g/mol. The molecule has 1 amide bonds. The van der Waals surface area contributed by atoms with Crippen LogP contribution in [-0.2, 0) is 4.79 Å². The highest BCUT2D eigenvalue weighted by Gasteiger charge is 2.32. The number of carbonyl (C=O) groups is 1. The number of hydrogen-bond acceptors (Lipinski definition) is 2. The smallest absolute Gasteiger partial charge is 0.226 e. The topological polar surface area (TPSA) is 23.6 Å². The molecule has 3 nitrogen and oxygen atoms in total. The predicted octanol–water partition coefficient (Wildman–Crippen LogP) is 3.73. The van der Waals surface area contributed by atoms with Crippen LogP contribution in [0.5, 0.6) is 0 Å². The van der Waals surface area contributed by atoms with Crippen molar-refractivity contribution < 1.29 is 4.79 Å². The van der Waals surface area contributed by atoms with Gasteiger partial charge in [0.05, 0.1) is 0 Å². The summed E-state index contributed by atoms with van der Waals surface area (Å²) in [5, 5.41) is 0. The Bertz CT molecular complexity index is 461. The molecule has 0 saturated carbocycles. The molecule has 1 aromatic carbocycles. The molecule has 0 aliphatic carbocycles. The highest BCUT2D eigenvalue weighted by atomic mass is 28.3. The van der Waals surface area contributed by atoms with Crippen LogP contribution in [0.15, 0.2) is 30.3 Å². The van der Waals surface area contributed by atoms with Crippen LogP contribution in [0.3, 0.4) is 0 Å². The second kappa shape index (κ2) is 6.75. The van der Waals surface area contributed by atoms with Crippen molar-refractivity contribution in [3.05, 3.63) is 30.3 Å². The third-order valence-electron chi connectivity index (χ3n) is 4.38. The van der Waals surface area contributed by atoms with Gasteiger partial charge in [-0.3, -0.25) is 4.79 Å². The van der Waals surface area contributed by atoms with Crippen LogP contribution in [-0.4, -0.2) is 37.8 Å². The summed E-state index contributed by atoms with van der Waals surface area (Å²) in [5.41, 5.74) is 1.05. The number of amides is 1. The van der Waals surface area contributed by atoms with Crippen molar-refractivity contribution in [3.63, 3.8) is 0 Å². The molecule has 0 spiro atoms. The van der Waals surface area contributed by atoms with Gasteiger partial charge in [-0.05, 0) is 38.1 Å². The first-order chi connectivity index (χ1) is 9.93. The minimum atomic E-state index is -1.21. The van der Waals surface area contributed by atoms with Crippen LogP contribution in [0.2, 0.25) is 19.6 Å². The van der Waals surface area contributed by atoms with Crippen molar-refractivity contribution in [1.82, 2.24) is 4.57 Å². The zero-order valence-electron chi connectivity index (χ0n) is 13.8. The lowest BCUT2D eigenvalue weighted by Crippen LogP contribution is -2.54. The molecule has 1 heterocycles. The fourth-order valence-electron chi connectivity index (χ4n) is 3.11. The Morgan fingerprint density at radius 3 is 2.24 bits per heavy atom. The quantitative estimate of drug-likeness (QED) is 0.791. The highest BCUT2D eigenvalue weighted by molar-refractivity contribution is 6.73. The Morgan fingerprint density at radius 1 is 1.19 bits per heavy atom. The lowest BCUT2D eigenvalue weighted by molar-refractivity contribution is -0.118. The average molecular weight is 305 g/mol. The van der Waals surface area contributed by atoms with E-state index in [-0.39, 0.29) is 5.91 Å². The number of anilines is 1. The second-order valence-corrected chi connectivity index (χ2v) is 11.8. The number of carbonyl (C=O) groups excluding carboxylic acids is 1. The van der Waals surface area contributed by atoms with Gasteiger partial charge in [0.25, 0.3) is 0 Å². The molecule has 21 heavy (non-hydrogen) atoms. The molecule has 0 unspecified atom stereocenters. The van der Waals surface area contributed by atoms with E-state index >= 15 is 0 Å². The van der Waals surface area contributed by atoms with Gasteiger partial charge in [-0.1, -0.05) is 44.8 Å². The largest absolute Gasteiger partial charge is 0.324 e. The zero-order chi connectivity index (χ0) is 15.5. The Kier molecular flexibility index (Phi) is 5.22. The van der Waals surface area contributed by atoms with Gasteiger partial charge in [0.15, 0.2) is 0 Å². The van der Waals surface area contributed by atoms with Gasteiger partial charge in [-0.15, -0.1) is 0 Å². The van der Waals surface area contributed by atoms with E-state index in [1.54, 1.807) is 0 Å². The van der Waals surface area contributed by atoms with E-state index in [1.165, 1.54) is 0 Å². The molecule has 1 aliphatic heterocycles. The van der Waals surface area contributed by atoms with E-state index < -0.39 is 8.24 Å². The summed E-state index contributed by atoms with van der Waals surface area (Å²) in [6.07, 6.45) is 2.75. The standard InChI is InChI=1S/C17H28N2OSi/c1-5-17(20)19(15-9-7-6-8-10-15)16-11-13-18(14-12-16)21(2,3)4/h6-10,16H,5,11-14H2,1-4H3. The molecule has 1 saturated heterocycles. The summed E-state index contributed by atoms with van der Waals surface area (Å²) in [5.74, 6) is 0.243. The Labute approximate surface area is 130 Å². The molecule has 116 valence electrons. The molecule has 1 aromatic rings. The first kappa shape index (κ1) is 16.2. The van der Waals surface area contributed by atoms with Gasteiger partial charge in [0, 0.05) is 18.2 Å². The molecule has 2 rings (SSSR count). The van der Waals surface area contributed by atoms with Gasteiger partial charge >= 0.3 is 0 Å². The predicted molar refractivity (Wildman–Crippen MR) is 92.2 cm³/mol. The minimum absolute atomic E-state index is 0.243. The molecular weight excluding hydrogens is 276 g/mol. The van der Waals surface area contributed by atoms with Gasteiger partial charge in [0.2, 0.25) is 5.91 Å². The van der Waals surface area contributed by atoms with Gasteiger partial charge in [0.1, 0.15) is 8.24 Å².